The third kappa shape index (κ3) is 4.33. The van der Waals surface area contributed by atoms with Crippen molar-refractivity contribution in [2.24, 2.45) is 0 Å². The van der Waals surface area contributed by atoms with E-state index in [9.17, 15) is 9.59 Å². The second-order valence-electron chi connectivity index (χ2n) is 4.88. The predicted molar refractivity (Wildman–Crippen MR) is 86.7 cm³/mol. The van der Waals surface area contributed by atoms with E-state index >= 15 is 0 Å². The van der Waals surface area contributed by atoms with E-state index in [1.54, 1.807) is 31.2 Å². The van der Waals surface area contributed by atoms with E-state index in [4.69, 9.17) is 11.6 Å². The molecule has 0 spiro atoms. The Kier molecular flexibility index (Phi) is 5.55. The summed E-state index contributed by atoms with van der Waals surface area (Å²) in [7, 11) is 0. The predicted octanol–water partition coefficient (Wildman–Crippen LogP) is 2.77. The molecule has 0 unspecified atom stereocenters. The highest BCUT2D eigenvalue weighted by atomic mass is 35.5. The second kappa shape index (κ2) is 7.61. The first-order chi connectivity index (χ1) is 10.6. The molecule has 5 heteroatoms. The molecule has 2 aromatic carbocycles. The van der Waals surface area contributed by atoms with Crippen molar-refractivity contribution >= 4 is 23.4 Å². The van der Waals surface area contributed by atoms with Gasteiger partial charge in [-0.2, -0.15) is 0 Å². The number of halogens is 1. The molecule has 22 heavy (non-hydrogen) atoms. The molecule has 0 fully saturated rings. The molecule has 1 atom stereocenters. The molecule has 2 aromatic rings. The smallest absolute Gasteiger partial charge is 0.253 e. The Morgan fingerprint density at radius 2 is 1.68 bits per heavy atom. The Balaban J connectivity index is 1.89. The summed E-state index contributed by atoms with van der Waals surface area (Å²) in [5, 5.41) is 5.78. The third-order valence-corrected chi connectivity index (χ3v) is 3.50. The topological polar surface area (TPSA) is 58.2 Å². The third-order valence-electron chi connectivity index (χ3n) is 3.17. The standard InChI is InChI=1S/C17H17ClN2O2/c1-12(16(21)19-11-13-7-3-2-4-8-13)20-17(22)14-9-5-6-10-15(14)18/h2-10,12H,11H2,1H3,(H,19,21)(H,20,22)/t12-/m0/s1. The first-order valence-corrected chi connectivity index (χ1v) is 7.33. The van der Waals surface area contributed by atoms with Crippen LogP contribution in [0.2, 0.25) is 5.02 Å². The molecule has 0 saturated carbocycles. The van der Waals surface area contributed by atoms with Crippen LogP contribution in [-0.2, 0) is 11.3 Å². The van der Waals surface area contributed by atoms with Crippen LogP contribution in [0.5, 0.6) is 0 Å². The summed E-state index contributed by atoms with van der Waals surface area (Å²) in [6, 6.07) is 15.7. The molecule has 0 aliphatic rings. The zero-order chi connectivity index (χ0) is 15.9. The van der Waals surface area contributed by atoms with E-state index in [0.29, 0.717) is 17.1 Å². The summed E-state index contributed by atoms with van der Waals surface area (Å²) in [5.41, 5.74) is 1.35. The van der Waals surface area contributed by atoms with Gasteiger partial charge in [-0.1, -0.05) is 54.1 Å². The molecular weight excluding hydrogens is 300 g/mol. The molecule has 0 saturated heterocycles. The van der Waals surface area contributed by atoms with Crippen LogP contribution in [0.4, 0.5) is 0 Å². The van der Waals surface area contributed by atoms with Crippen LogP contribution < -0.4 is 10.6 Å². The van der Waals surface area contributed by atoms with E-state index in [1.165, 1.54) is 0 Å². The SMILES string of the molecule is C[C@H](NC(=O)c1ccccc1Cl)C(=O)NCc1ccccc1. The summed E-state index contributed by atoms with van der Waals surface area (Å²) in [6.07, 6.45) is 0. The molecule has 2 N–H and O–H groups in total. The normalized spacial score (nSPS) is 11.5. The van der Waals surface area contributed by atoms with Gasteiger partial charge in [0, 0.05) is 6.54 Å². The zero-order valence-electron chi connectivity index (χ0n) is 12.2. The zero-order valence-corrected chi connectivity index (χ0v) is 12.9. The fraction of sp³-hybridized carbons (Fsp3) is 0.176. The fourth-order valence-corrected chi connectivity index (χ4v) is 2.14. The highest BCUT2D eigenvalue weighted by molar-refractivity contribution is 6.33. The van der Waals surface area contributed by atoms with Crippen molar-refractivity contribution in [3.63, 3.8) is 0 Å². The van der Waals surface area contributed by atoms with Crippen LogP contribution in [0.15, 0.2) is 54.6 Å². The van der Waals surface area contributed by atoms with Gasteiger partial charge in [0.2, 0.25) is 5.91 Å². The van der Waals surface area contributed by atoms with Crippen molar-refractivity contribution in [2.75, 3.05) is 0 Å². The van der Waals surface area contributed by atoms with Crippen LogP contribution in [-0.4, -0.2) is 17.9 Å². The molecule has 2 amide bonds. The Morgan fingerprint density at radius 3 is 2.36 bits per heavy atom. The Bertz CT molecular complexity index is 659. The van der Waals surface area contributed by atoms with Crippen LogP contribution >= 0.6 is 11.6 Å². The van der Waals surface area contributed by atoms with Gasteiger partial charge in [-0.25, -0.2) is 0 Å². The lowest BCUT2D eigenvalue weighted by Crippen LogP contribution is -2.44. The first kappa shape index (κ1) is 16.0. The van der Waals surface area contributed by atoms with E-state index in [-0.39, 0.29) is 11.8 Å². The van der Waals surface area contributed by atoms with Crippen molar-refractivity contribution in [1.29, 1.82) is 0 Å². The van der Waals surface area contributed by atoms with Crippen LogP contribution in [0.1, 0.15) is 22.8 Å². The second-order valence-corrected chi connectivity index (χ2v) is 5.29. The van der Waals surface area contributed by atoms with Crippen LogP contribution in [0.25, 0.3) is 0 Å². The van der Waals surface area contributed by atoms with Crippen molar-refractivity contribution in [2.45, 2.75) is 19.5 Å². The van der Waals surface area contributed by atoms with E-state index in [1.807, 2.05) is 30.3 Å². The number of carbonyl (C=O) groups is 2. The first-order valence-electron chi connectivity index (χ1n) is 6.95. The summed E-state index contributed by atoms with van der Waals surface area (Å²) < 4.78 is 0. The molecule has 0 aliphatic heterocycles. The molecule has 0 aliphatic carbocycles. The lowest BCUT2D eigenvalue weighted by molar-refractivity contribution is -0.122. The molecule has 2 rings (SSSR count). The quantitative estimate of drug-likeness (QED) is 0.891. The van der Waals surface area contributed by atoms with Gasteiger partial charge >= 0.3 is 0 Å². The van der Waals surface area contributed by atoms with Crippen LogP contribution in [0, 0.1) is 0 Å². The highest BCUT2D eigenvalue weighted by Gasteiger charge is 2.17. The average molecular weight is 317 g/mol. The van der Waals surface area contributed by atoms with Gasteiger partial charge < -0.3 is 10.6 Å². The number of carbonyl (C=O) groups excluding carboxylic acids is 2. The van der Waals surface area contributed by atoms with Gasteiger partial charge in [-0.15, -0.1) is 0 Å². The number of benzene rings is 2. The molecule has 0 radical (unpaired) electrons. The number of hydrogen-bond donors (Lipinski definition) is 2. The minimum Gasteiger partial charge on any atom is -0.350 e. The minimum atomic E-state index is -0.646. The Labute approximate surface area is 134 Å². The summed E-state index contributed by atoms with van der Waals surface area (Å²) in [4.78, 5) is 24.1. The van der Waals surface area contributed by atoms with Gasteiger partial charge in [0.25, 0.3) is 5.91 Å². The number of hydrogen-bond acceptors (Lipinski definition) is 2. The van der Waals surface area contributed by atoms with Gasteiger partial charge in [-0.05, 0) is 24.6 Å². The van der Waals surface area contributed by atoms with Crippen LogP contribution in [0.3, 0.4) is 0 Å². The van der Waals surface area contributed by atoms with Gasteiger partial charge in [-0.3, -0.25) is 9.59 Å². The minimum absolute atomic E-state index is 0.246. The fourth-order valence-electron chi connectivity index (χ4n) is 1.92. The Morgan fingerprint density at radius 1 is 1.05 bits per heavy atom. The number of amides is 2. The van der Waals surface area contributed by atoms with E-state index < -0.39 is 6.04 Å². The maximum absolute atomic E-state index is 12.1. The van der Waals surface area contributed by atoms with Gasteiger partial charge in [0.1, 0.15) is 6.04 Å². The summed E-state index contributed by atoms with van der Waals surface area (Å²) in [6.45, 7) is 2.06. The monoisotopic (exact) mass is 316 g/mol. The molecular formula is C17H17ClN2O2. The van der Waals surface area contributed by atoms with E-state index in [2.05, 4.69) is 10.6 Å². The molecule has 114 valence electrons. The van der Waals surface area contributed by atoms with E-state index in [0.717, 1.165) is 5.56 Å². The summed E-state index contributed by atoms with van der Waals surface area (Å²) in [5.74, 6) is -0.614. The van der Waals surface area contributed by atoms with Crippen molar-refractivity contribution in [1.82, 2.24) is 10.6 Å². The largest absolute Gasteiger partial charge is 0.350 e. The lowest BCUT2D eigenvalue weighted by atomic mass is 10.2. The highest BCUT2D eigenvalue weighted by Crippen LogP contribution is 2.14. The van der Waals surface area contributed by atoms with Crippen molar-refractivity contribution < 1.29 is 9.59 Å². The number of rotatable bonds is 5. The van der Waals surface area contributed by atoms with Crippen molar-refractivity contribution in [3.05, 3.63) is 70.7 Å². The lowest BCUT2D eigenvalue weighted by Gasteiger charge is -2.14. The Hall–Kier alpha value is -2.33. The average Bonchev–Trinajstić information content (AvgIpc) is 2.53. The molecule has 0 bridgehead atoms. The maximum atomic E-state index is 12.1. The van der Waals surface area contributed by atoms with Crippen molar-refractivity contribution in [3.8, 4) is 0 Å². The van der Waals surface area contributed by atoms with Gasteiger partial charge in [0.05, 0.1) is 10.6 Å². The number of nitrogens with one attached hydrogen (secondary N) is 2. The molecule has 4 nitrogen and oxygen atoms in total. The maximum Gasteiger partial charge on any atom is 0.253 e. The summed E-state index contributed by atoms with van der Waals surface area (Å²) >= 11 is 5.96. The molecule has 0 aromatic heterocycles. The molecule has 0 heterocycles. The van der Waals surface area contributed by atoms with Gasteiger partial charge in [0.15, 0.2) is 0 Å².